The highest BCUT2D eigenvalue weighted by Gasteiger charge is 2.50. The molecule has 7 heteroatoms. The van der Waals surface area contributed by atoms with Gasteiger partial charge in [-0.3, -0.25) is 4.98 Å². The molecule has 5 aromatic rings. The van der Waals surface area contributed by atoms with E-state index in [-0.39, 0.29) is 4.90 Å². The number of aryl methyl sites for hydroxylation is 1. The maximum atomic E-state index is 13.6. The van der Waals surface area contributed by atoms with E-state index in [1.165, 1.54) is 4.31 Å². The molecule has 5 rings (SSSR count). The van der Waals surface area contributed by atoms with Crippen LogP contribution in [0.3, 0.4) is 0 Å². The van der Waals surface area contributed by atoms with Crippen molar-refractivity contribution < 1.29 is 13.2 Å². The smallest absolute Gasteiger partial charge is 0.258 e. The minimum atomic E-state index is -3.77. The summed E-state index contributed by atoms with van der Waals surface area (Å²) in [5.41, 5.74) is 2.42. The molecule has 0 aliphatic carbocycles. The SMILES string of the molecule is Cc1ccc2c(S(=O)(=O)N(C)C)c3ccccc3c(CC(C)(C)[Si](O)(c3ccccc3)c3ccccc3)c2n1. The van der Waals surface area contributed by atoms with E-state index >= 15 is 0 Å². The fourth-order valence-electron chi connectivity index (χ4n) is 5.70. The molecule has 0 aliphatic rings. The molecule has 1 aromatic heterocycles. The first-order chi connectivity index (χ1) is 18.5. The molecule has 0 saturated carbocycles. The summed E-state index contributed by atoms with van der Waals surface area (Å²) in [6.45, 7) is 6.17. The third kappa shape index (κ3) is 4.49. The molecule has 5 nitrogen and oxygen atoms in total. The molecule has 0 amide bonds. The van der Waals surface area contributed by atoms with Gasteiger partial charge in [-0.05, 0) is 51.8 Å². The monoisotopic (exact) mass is 554 g/mol. The second-order valence-electron chi connectivity index (χ2n) is 11.0. The topological polar surface area (TPSA) is 70.5 Å². The Kier molecular flexibility index (Phi) is 6.97. The van der Waals surface area contributed by atoms with Gasteiger partial charge in [0.2, 0.25) is 10.0 Å². The summed E-state index contributed by atoms with van der Waals surface area (Å²) in [7, 11) is -3.98. The molecule has 0 aliphatic heterocycles. The van der Waals surface area contributed by atoms with E-state index in [1.54, 1.807) is 14.1 Å². The van der Waals surface area contributed by atoms with Gasteiger partial charge in [0.25, 0.3) is 8.32 Å². The van der Waals surface area contributed by atoms with Crippen LogP contribution in [0.15, 0.2) is 102 Å². The average Bonchev–Trinajstić information content (AvgIpc) is 2.93. The summed E-state index contributed by atoms with van der Waals surface area (Å²) in [6.07, 6.45) is 0.509. The number of nitrogens with zero attached hydrogens (tertiary/aromatic N) is 2. The molecule has 1 heterocycles. The maximum Gasteiger partial charge on any atom is 0.258 e. The number of aromatic nitrogens is 1. The number of rotatable bonds is 7. The van der Waals surface area contributed by atoms with Gasteiger partial charge in [-0.15, -0.1) is 0 Å². The first-order valence-electron chi connectivity index (χ1n) is 13.1. The number of hydrogen-bond acceptors (Lipinski definition) is 4. The second kappa shape index (κ2) is 9.99. The molecule has 200 valence electrons. The molecule has 39 heavy (non-hydrogen) atoms. The van der Waals surface area contributed by atoms with Crippen molar-refractivity contribution >= 4 is 50.4 Å². The number of fused-ring (bicyclic) bond motifs is 2. The van der Waals surface area contributed by atoms with Gasteiger partial charge < -0.3 is 4.80 Å². The van der Waals surface area contributed by atoms with Crippen molar-refractivity contribution in [2.24, 2.45) is 0 Å². The lowest BCUT2D eigenvalue weighted by Crippen LogP contribution is -2.65. The summed E-state index contributed by atoms with van der Waals surface area (Å²) >= 11 is 0. The third-order valence-electron chi connectivity index (χ3n) is 7.78. The quantitative estimate of drug-likeness (QED) is 0.227. The van der Waals surface area contributed by atoms with Gasteiger partial charge in [0.1, 0.15) is 0 Å². The van der Waals surface area contributed by atoms with E-state index < -0.39 is 23.4 Å². The van der Waals surface area contributed by atoms with Gasteiger partial charge >= 0.3 is 0 Å². The zero-order valence-electron chi connectivity index (χ0n) is 23.0. The van der Waals surface area contributed by atoms with Crippen molar-refractivity contribution in [1.29, 1.82) is 0 Å². The maximum absolute atomic E-state index is 13.6. The molecule has 0 spiro atoms. The first kappa shape index (κ1) is 27.2. The lowest BCUT2D eigenvalue weighted by atomic mass is 9.93. The van der Waals surface area contributed by atoms with Gasteiger partial charge in [-0.2, -0.15) is 0 Å². The van der Waals surface area contributed by atoms with Crippen LogP contribution in [0.2, 0.25) is 5.04 Å². The average molecular weight is 555 g/mol. The zero-order valence-corrected chi connectivity index (χ0v) is 24.8. The van der Waals surface area contributed by atoms with E-state index in [4.69, 9.17) is 4.98 Å². The van der Waals surface area contributed by atoms with Crippen molar-refractivity contribution in [3.05, 3.63) is 108 Å². The van der Waals surface area contributed by atoms with Crippen molar-refractivity contribution in [2.75, 3.05) is 14.1 Å². The standard InChI is InChI=1S/C32H34N2O3SSi/c1-23-20-21-28-30(33-23)29(26-18-12-13-19-27(26)31(28)38(35,36)34(4)5)22-32(2,3)39(37,24-14-8-6-9-15-24)25-16-10-7-11-17-25/h6-21,37H,22H2,1-5H3. The zero-order chi connectivity index (χ0) is 28.0. The normalized spacial score (nSPS) is 12.9. The summed E-state index contributed by atoms with van der Waals surface area (Å²) < 4.78 is 28.5. The molecular formula is C32H34N2O3SSi. The van der Waals surface area contributed by atoms with Crippen LogP contribution in [0.1, 0.15) is 25.1 Å². The van der Waals surface area contributed by atoms with Crippen LogP contribution in [-0.4, -0.2) is 44.9 Å². The largest absolute Gasteiger partial charge is 0.424 e. The Hall–Kier alpha value is -3.36. The number of benzene rings is 4. The van der Waals surface area contributed by atoms with Crippen molar-refractivity contribution in [3.63, 3.8) is 0 Å². The van der Waals surface area contributed by atoms with Crippen LogP contribution in [0.25, 0.3) is 21.7 Å². The molecule has 0 atom stereocenters. The summed E-state index contributed by atoms with van der Waals surface area (Å²) in [5, 5.41) is 3.40. The molecule has 0 fully saturated rings. The third-order valence-corrected chi connectivity index (χ3v) is 14.2. The van der Waals surface area contributed by atoms with E-state index in [0.717, 1.165) is 27.0 Å². The Morgan fingerprint density at radius 1 is 0.769 bits per heavy atom. The molecule has 0 radical (unpaired) electrons. The van der Waals surface area contributed by atoms with Crippen LogP contribution >= 0.6 is 0 Å². The Bertz CT molecular complexity index is 1730. The number of hydrogen-bond donors (Lipinski definition) is 1. The molecule has 4 aromatic carbocycles. The molecular weight excluding hydrogens is 521 g/mol. The lowest BCUT2D eigenvalue weighted by Gasteiger charge is -2.41. The minimum Gasteiger partial charge on any atom is -0.424 e. The molecule has 0 saturated heterocycles. The summed E-state index contributed by atoms with van der Waals surface area (Å²) in [5.74, 6) is 0. The fraction of sp³-hybridized carbons (Fsp3) is 0.219. The fourth-order valence-corrected chi connectivity index (χ4v) is 10.6. The Labute approximate surface area is 232 Å². The van der Waals surface area contributed by atoms with Crippen LogP contribution < -0.4 is 10.4 Å². The van der Waals surface area contributed by atoms with Crippen molar-refractivity contribution in [1.82, 2.24) is 9.29 Å². The van der Waals surface area contributed by atoms with Crippen LogP contribution in [-0.2, 0) is 16.4 Å². The summed E-state index contributed by atoms with van der Waals surface area (Å²) in [4.78, 5) is 18.0. The molecule has 1 N–H and O–H groups in total. The van der Waals surface area contributed by atoms with Gasteiger partial charge in [-0.1, -0.05) is 98.8 Å². The Balaban J connectivity index is 1.84. The van der Waals surface area contributed by atoms with Crippen molar-refractivity contribution in [2.45, 2.75) is 37.1 Å². The van der Waals surface area contributed by atoms with Crippen molar-refractivity contribution in [3.8, 4) is 0 Å². The van der Waals surface area contributed by atoms with E-state index in [9.17, 15) is 13.2 Å². The highest BCUT2D eigenvalue weighted by atomic mass is 32.2. The Morgan fingerprint density at radius 3 is 1.82 bits per heavy atom. The van der Waals surface area contributed by atoms with Gasteiger partial charge in [-0.25, -0.2) is 12.7 Å². The highest BCUT2D eigenvalue weighted by Crippen LogP contribution is 2.44. The van der Waals surface area contributed by atoms with Gasteiger partial charge in [0.15, 0.2) is 0 Å². The predicted octanol–water partition coefficient (Wildman–Crippen LogP) is 5.02. The van der Waals surface area contributed by atoms with Crippen LogP contribution in [0, 0.1) is 6.92 Å². The van der Waals surface area contributed by atoms with E-state index in [2.05, 4.69) is 13.8 Å². The predicted molar refractivity (Wildman–Crippen MR) is 163 cm³/mol. The lowest BCUT2D eigenvalue weighted by molar-refractivity contribution is 0.485. The van der Waals surface area contributed by atoms with Crippen LogP contribution in [0.4, 0.5) is 0 Å². The van der Waals surface area contributed by atoms with Gasteiger partial charge in [0, 0.05) is 30.6 Å². The first-order valence-corrected chi connectivity index (χ1v) is 16.4. The molecule has 0 bridgehead atoms. The van der Waals surface area contributed by atoms with E-state index in [0.29, 0.717) is 22.7 Å². The number of sulfonamides is 1. The minimum absolute atomic E-state index is 0.269. The highest BCUT2D eigenvalue weighted by molar-refractivity contribution is 7.89. The number of pyridine rings is 1. The van der Waals surface area contributed by atoms with E-state index in [1.807, 2.05) is 104 Å². The summed E-state index contributed by atoms with van der Waals surface area (Å²) in [6, 6.07) is 31.3. The molecule has 0 unspecified atom stereocenters. The van der Waals surface area contributed by atoms with Gasteiger partial charge in [0.05, 0.1) is 10.4 Å². The van der Waals surface area contributed by atoms with Crippen LogP contribution in [0.5, 0.6) is 0 Å². The second-order valence-corrected chi connectivity index (χ2v) is 17.0. The Morgan fingerprint density at radius 2 is 1.28 bits per heavy atom.